The van der Waals surface area contributed by atoms with Crippen molar-refractivity contribution >= 4 is 0 Å². The summed E-state index contributed by atoms with van der Waals surface area (Å²) >= 11 is 0. The highest BCUT2D eigenvalue weighted by atomic mass is 16.3. The Morgan fingerprint density at radius 3 is 2.32 bits per heavy atom. The number of nitrogens with one attached hydrogen (secondary N) is 1. The standard InChI is InChI=1S/C16H32N2O/c1-15(2)7-9-16(12-17,10-8-15)18-14-6-4-3-5-13(14)11-19/h13-14,18-19H,3-12,17H2,1-2H3. The van der Waals surface area contributed by atoms with Crippen LogP contribution < -0.4 is 11.1 Å². The van der Waals surface area contributed by atoms with Crippen molar-refractivity contribution < 1.29 is 5.11 Å². The molecule has 0 aromatic heterocycles. The molecular formula is C16H32N2O. The van der Waals surface area contributed by atoms with Crippen molar-refractivity contribution in [3.8, 4) is 0 Å². The molecule has 19 heavy (non-hydrogen) atoms. The van der Waals surface area contributed by atoms with Gasteiger partial charge in [0.25, 0.3) is 0 Å². The van der Waals surface area contributed by atoms with Gasteiger partial charge in [0.2, 0.25) is 0 Å². The second kappa shape index (κ2) is 6.11. The van der Waals surface area contributed by atoms with Crippen LogP contribution in [0.5, 0.6) is 0 Å². The minimum Gasteiger partial charge on any atom is -0.396 e. The molecule has 2 aliphatic rings. The van der Waals surface area contributed by atoms with Gasteiger partial charge >= 0.3 is 0 Å². The first kappa shape index (κ1) is 15.3. The molecule has 4 N–H and O–H groups in total. The predicted molar refractivity (Wildman–Crippen MR) is 80.0 cm³/mol. The summed E-state index contributed by atoms with van der Waals surface area (Å²) in [5, 5.41) is 13.4. The molecule has 2 rings (SSSR count). The Bertz CT molecular complexity index is 280. The third-order valence-corrected chi connectivity index (χ3v) is 5.59. The van der Waals surface area contributed by atoms with Crippen LogP contribution in [0.1, 0.15) is 65.2 Å². The Labute approximate surface area is 118 Å². The topological polar surface area (TPSA) is 58.3 Å². The summed E-state index contributed by atoms with van der Waals surface area (Å²) in [5.41, 5.74) is 6.71. The third-order valence-electron chi connectivity index (χ3n) is 5.59. The molecule has 2 atom stereocenters. The Hall–Kier alpha value is -0.120. The average molecular weight is 268 g/mol. The summed E-state index contributed by atoms with van der Waals surface area (Å²) in [7, 11) is 0. The van der Waals surface area contributed by atoms with E-state index in [0.717, 1.165) is 6.54 Å². The first-order valence-corrected chi connectivity index (χ1v) is 8.09. The molecule has 2 fully saturated rings. The normalized spacial score (nSPS) is 34.1. The van der Waals surface area contributed by atoms with E-state index in [-0.39, 0.29) is 5.54 Å². The highest BCUT2D eigenvalue weighted by Gasteiger charge is 2.40. The van der Waals surface area contributed by atoms with Gasteiger partial charge in [0.1, 0.15) is 0 Å². The van der Waals surface area contributed by atoms with Crippen molar-refractivity contribution in [3.63, 3.8) is 0 Å². The molecule has 0 amide bonds. The molecule has 2 aliphatic carbocycles. The molecule has 0 saturated heterocycles. The van der Waals surface area contributed by atoms with Gasteiger partial charge in [0, 0.05) is 24.7 Å². The number of rotatable bonds is 4. The number of aliphatic hydroxyl groups is 1. The molecule has 0 spiro atoms. The van der Waals surface area contributed by atoms with E-state index in [1.807, 2.05) is 0 Å². The maximum atomic E-state index is 9.56. The molecule has 3 nitrogen and oxygen atoms in total. The van der Waals surface area contributed by atoms with Gasteiger partial charge in [-0.1, -0.05) is 26.7 Å². The summed E-state index contributed by atoms with van der Waals surface area (Å²) in [6.45, 7) is 5.79. The molecule has 0 aromatic carbocycles. The highest BCUT2D eigenvalue weighted by molar-refractivity contribution is 4.99. The van der Waals surface area contributed by atoms with Gasteiger partial charge in [0.15, 0.2) is 0 Å². The van der Waals surface area contributed by atoms with Gasteiger partial charge in [-0.2, -0.15) is 0 Å². The predicted octanol–water partition coefficient (Wildman–Crippen LogP) is 2.42. The monoisotopic (exact) mass is 268 g/mol. The Kier molecular flexibility index (Phi) is 4.91. The Balaban J connectivity index is 1.98. The molecule has 0 bridgehead atoms. The van der Waals surface area contributed by atoms with Crippen LogP contribution in [0.4, 0.5) is 0 Å². The second-order valence-corrected chi connectivity index (χ2v) is 7.63. The maximum Gasteiger partial charge on any atom is 0.0474 e. The van der Waals surface area contributed by atoms with Crippen LogP contribution in [0.3, 0.4) is 0 Å². The van der Waals surface area contributed by atoms with E-state index < -0.39 is 0 Å². The van der Waals surface area contributed by atoms with Gasteiger partial charge < -0.3 is 16.2 Å². The molecule has 0 aromatic rings. The molecule has 2 unspecified atom stereocenters. The van der Waals surface area contributed by atoms with Crippen LogP contribution >= 0.6 is 0 Å². The number of nitrogens with two attached hydrogens (primary N) is 1. The van der Waals surface area contributed by atoms with Gasteiger partial charge in [-0.25, -0.2) is 0 Å². The van der Waals surface area contributed by atoms with E-state index in [1.54, 1.807) is 0 Å². The van der Waals surface area contributed by atoms with Crippen molar-refractivity contribution in [2.75, 3.05) is 13.2 Å². The third kappa shape index (κ3) is 3.71. The zero-order valence-corrected chi connectivity index (χ0v) is 12.8. The summed E-state index contributed by atoms with van der Waals surface area (Å²) in [5.74, 6) is 0.437. The average Bonchev–Trinajstić information content (AvgIpc) is 2.42. The molecule has 0 heterocycles. The number of hydrogen-bond donors (Lipinski definition) is 3. The lowest BCUT2D eigenvalue weighted by atomic mass is 9.68. The van der Waals surface area contributed by atoms with Gasteiger partial charge in [-0.15, -0.1) is 0 Å². The molecule has 3 heteroatoms. The fraction of sp³-hybridized carbons (Fsp3) is 1.00. The Morgan fingerprint density at radius 1 is 1.11 bits per heavy atom. The summed E-state index contributed by atoms with van der Waals surface area (Å²) in [4.78, 5) is 0. The lowest BCUT2D eigenvalue weighted by Crippen LogP contribution is -2.59. The number of aliphatic hydroxyl groups excluding tert-OH is 1. The molecular weight excluding hydrogens is 236 g/mol. The van der Waals surface area contributed by atoms with Crippen LogP contribution in [-0.2, 0) is 0 Å². The second-order valence-electron chi connectivity index (χ2n) is 7.63. The van der Waals surface area contributed by atoms with E-state index in [4.69, 9.17) is 5.73 Å². The SMILES string of the molecule is CC1(C)CCC(CN)(NC2CCCCC2CO)CC1. The van der Waals surface area contributed by atoms with Crippen LogP contribution in [0.15, 0.2) is 0 Å². The number of hydrogen-bond acceptors (Lipinski definition) is 3. The van der Waals surface area contributed by atoms with Crippen LogP contribution in [0.25, 0.3) is 0 Å². The summed E-state index contributed by atoms with van der Waals surface area (Å²) < 4.78 is 0. The quantitative estimate of drug-likeness (QED) is 0.734. The highest BCUT2D eigenvalue weighted by Crippen LogP contribution is 2.40. The largest absolute Gasteiger partial charge is 0.396 e. The Morgan fingerprint density at radius 2 is 1.74 bits per heavy atom. The lowest BCUT2D eigenvalue weighted by Gasteiger charge is -2.47. The molecule has 0 aliphatic heterocycles. The fourth-order valence-electron chi connectivity index (χ4n) is 3.82. The van der Waals surface area contributed by atoms with Crippen LogP contribution in [0.2, 0.25) is 0 Å². The molecule has 0 radical (unpaired) electrons. The van der Waals surface area contributed by atoms with Crippen LogP contribution in [-0.4, -0.2) is 29.8 Å². The summed E-state index contributed by atoms with van der Waals surface area (Å²) in [6, 6.07) is 0.475. The van der Waals surface area contributed by atoms with E-state index in [2.05, 4.69) is 19.2 Å². The smallest absolute Gasteiger partial charge is 0.0474 e. The van der Waals surface area contributed by atoms with Crippen molar-refractivity contribution in [1.29, 1.82) is 0 Å². The van der Waals surface area contributed by atoms with Gasteiger partial charge in [-0.05, 0) is 49.9 Å². The lowest BCUT2D eigenvalue weighted by molar-refractivity contribution is 0.0863. The van der Waals surface area contributed by atoms with E-state index in [0.29, 0.717) is 24.0 Å². The van der Waals surface area contributed by atoms with Crippen molar-refractivity contribution in [2.24, 2.45) is 17.1 Å². The molecule has 2 saturated carbocycles. The minimum atomic E-state index is 0.130. The van der Waals surface area contributed by atoms with Crippen molar-refractivity contribution in [1.82, 2.24) is 5.32 Å². The van der Waals surface area contributed by atoms with Crippen molar-refractivity contribution in [2.45, 2.75) is 76.8 Å². The van der Waals surface area contributed by atoms with Crippen molar-refractivity contribution in [3.05, 3.63) is 0 Å². The fourth-order valence-corrected chi connectivity index (χ4v) is 3.82. The summed E-state index contributed by atoms with van der Waals surface area (Å²) in [6.07, 6.45) is 9.82. The first-order valence-electron chi connectivity index (χ1n) is 8.09. The minimum absolute atomic E-state index is 0.130. The zero-order chi connectivity index (χ0) is 13.9. The van der Waals surface area contributed by atoms with E-state index in [9.17, 15) is 5.11 Å². The van der Waals surface area contributed by atoms with E-state index >= 15 is 0 Å². The maximum absolute atomic E-state index is 9.56. The van der Waals surface area contributed by atoms with Gasteiger partial charge in [0.05, 0.1) is 0 Å². The molecule has 112 valence electrons. The van der Waals surface area contributed by atoms with E-state index in [1.165, 1.54) is 51.4 Å². The first-order chi connectivity index (χ1) is 9.00. The van der Waals surface area contributed by atoms with Gasteiger partial charge in [-0.3, -0.25) is 0 Å². The van der Waals surface area contributed by atoms with Crippen LogP contribution in [0, 0.1) is 11.3 Å². The zero-order valence-electron chi connectivity index (χ0n) is 12.8.